The Hall–Kier alpha value is -1.95. The van der Waals surface area contributed by atoms with Gasteiger partial charge in [0.2, 0.25) is 5.82 Å². The molecular formula is C10H12N4O2. The van der Waals surface area contributed by atoms with Gasteiger partial charge >= 0.3 is 5.82 Å². The van der Waals surface area contributed by atoms with Crippen LogP contribution in [0.25, 0.3) is 5.52 Å². The lowest BCUT2D eigenvalue weighted by Gasteiger charge is -1.97. The summed E-state index contributed by atoms with van der Waals surface area (Å²) in [5, 5.41) is 10.8. The number of aryl methyl sites for hydroxylation is 1. The Balaban J connectivity index is 2.71. The first kappa shape index (κ1) is 10.6. The quantitative estimate of drug-likeness (QED) is 0.618. The molecule has 2 rings (SSSR count). The van der Waals surface area contributed by atoms with Gasteiger partial charge in [0, 0.05) is 19.2 Å². The first-order chi connectivity index (χ1) is 7.63. The van der Waals surface area contributed by atoms with Gasteiger partial charge in [0.25, 0.3) is 0 Å². The number of rotatable bonds is 3. The molecule has 0 bridgehead atoms. The lowest BCUT2D eigenvalue weighted by Crippen LogP contribution is -2.06. The van der Waals surface area contributed by atoms with Crippen molar-refractivity contribution in [3.05, 3.63) is 39.8 Å². The second kappa shape index (κ2) is 3.90. The molecule has 0 fully saturated rings. The monoisotopic (exact) mass is 220 g/mol. The van der Waals surface area contributed by atoms with Gasteiger partial charge in [-0.05, 0) is 28.5 Å². The molecule has 2 aromatic rings. The molecule has 84 valence electrons. The van der Waals surface area contributed by atoms with E-state index in [1.54, 1.807) is 10.5 Å². The Morgan fingerprint density at radius 1 is 1.56 bits per heavy atom. The summed E-state index contributed by atoms with van der Waals surface area (Å²) in [4.78, 5) is 14.4. The normalized spacial score (nSPS) is 10.9. The largest absolute Gasteiger partial charge is 0.389 e. The van der Waals surface area contributed by atoms with Crippen molar-refractivity contribution in [3.63, 3.8) is 0 Å². The maximum Gasteiger partial charge on any atom is 0.389 e. The lowest BCUT2D eigenvalue weighted by atomic mass is 10.3. The van der Waals surface area contributed by atoms with Crippen LogP contribution in [0.15, 0.2) is 18.3 Å². The van der Waals surface area contributed by atoms with E-state index in [0.29, 0.717) is 24.3 Å². The second-order valence-corrected chi connectivity index (χ2v) is 3.61. The third-order valence-electron chi connectivity index (χ3n) is 2.38. The third-order valence-corrected chi connectivity index (χ3v) is 2.38. The van der Waals surface area contributed by atoms with E-state index in [2.05, 4.69) is 4.98 Å². The van der Waals surface area contributed by atoms with Gasteiger partial charge in [-0.3, -0.25) is 4.40 Å². The van der Waals surface area contributed by atoms with Crippen LogP contribution in [0.3, 0.4) is 0 Å². The highest BCUT2D eigenvalue weighted by atomic mass is 16.6. The summed E-state index contributed by atoms with van der Waals surface area (Å²) in [7, 11) is 0. The number of aromatic nitrogens is 2. The summed E-state index contributed by atoms with van der Waals surface area (Å²) < 4.78 is 1.74. The first-order valence-corrected chi connectivity index (χ1v) is 4.95. The molecule has 0 spiro atoms. The maximum absolute atomic E-state index is 10.8. The molecule has 2 N–H and O–H groups in total. The summed E-state index contributed by atoms with van der Waals surface area (Å²) in [5.41, 5.74) is 6.99. The number of pyridine rings is 1. The van der Waals surface area contributed by atoms with Crippen LogP contribution in [0.5, 0.6) is 0 Å². The molecule has 0 aliphatic heterocycles. The Kier molecular flexibility index (Phi) is 2.57. The maximum atomic E-state index is 10.8. The lowest BCUT2D eigenvalue weighted by molar-refractivity contribution is -0.387. The molecule has 0 atom stereocenters. The van der Waals surface area contributed by atoms with E-state index in [1.165, 1.54) is 0 Å². The zero-order chi connectivity index (χ0) is 11.7. The van der Waals surface area contributed by atoms with Crippen molar-refractivity contribution in [2.24, 2.45) is 5.73 Å². The molecule has 0 radical (unpaired) electrons. The zero-order valence-corrected chi connectivity index (χ0v) is 8.88. The predicted octanol–water partition coefficient (Wildman–Crippen LogP) is 1.05. The number of hydrogen-bond acceptors (Lipinski definition) is 4. The Morgan fingerprint density at radius 2 is 2.31 bits per heavy atom. The van der Waals surface area contributed by atoms with Crippen LogP contribution in [0.1, 0.15) is 11.4 Å². The molecule has 0 aliphatic carbocycles. The van der Waals surface area contributed by atoms with Crippen molar-refractivity contribution >= 4 is 11.3 Å². The van der Waals surface area contributed by atoms with Gasteiger partial charge in [0.15, 0.2) is 0 Å². The van der Waals surface area contributed by atoms with Gasteiger partial charge in [-0.25, -0.2) is 0 Å². The molecule has 6 heteroatoms. The van der Waals surface area contributed by atoms with Crippen LogP contribution in [0.2, 0.25) is 0 Å². The molecule has 2 heterocycles. The van der Waals surface area contributed by atoms with Crippen molar-refractivity contribution in [1.82, 2.24) is 9.38 Å². The fourth-order valence-electron chi connectivity index (χ4n) is 1.68. The molecule has 6 nitrogen and oxygen atoms in total. The van der Waals surface area contributed by atoms with Crippen LogP contribution >= 0.6 is 0 Å². The number of nitrogens with zero attached hydrogens (tertiary/aromatic N) is 3. The van der Waals surface area contributed by atoms with Crippen LogP contribution in [0.4, 0.5) is 5.82 Å². The summed E-state index contributed by atoms with van der Waals surface area (Å²) in [6.07, 6.45) is 2.36. The van der Waals surface area contributed by atoms with E-state index in [-0.39, 0.29) is 5.82 Å². The minimum Gasteiger partial charge on any atom is -0.358 e. The fraction of sp³-hybridized carbons (Fsp3) is 0.300. The summed E-state index contributed by atoms with van der Waals surface area (Å²) in [6.45, 7) is 2.35. The van der Waals surface area contributed by atoms with Crippen LogP contribution in [-0.2, 0) is 6.42 Å². The Labute approximate surface area is 91.9 Å². The average Bonchev–Trinajstić information content (AvgIpc) is 2.58. The molecule has 0 saturated heterocycles. The van der Waals surface area contributed by atoms with Crippen LogP contribution < -0.4 is 5.73 Å². The number of nitrogens with two attached hydrogens (primary N) is 1. The van der Waals surface area contributed by atoms with Gasteiger partial charge < -0.3 is 15.8 Å². The van der Waals surface area contributed by atoms with Crippen molar-refractivity contribution in [3.8, 4) is 0 Å². The minimum absolute atomic E-state index is 0.108. The van der Waals surface area contributed by atoms with Crippen molar-refractivity contribution < 1.29 is 4.92 Å². The SMILES string of the molecule is Cc1ccc2c([N+](=O)[O-])nc(CCN)n2c1. The highest BCUT2D eigenvalue weighted by molar-refractivity contribution is 5.62. The molecule has 0 aromatic carbocycles. The Bertz CT molecular complexity index is 547. The summed E-state index contributed by atoms with van der Waals surface area (Å²) >= 11 is 0. The van der Waals surface area contributed by atoms with Gasteiger partial charge in [-0.1, -0.05) is 6.07 Å². The summed E-state index contributed by atoms with van der Waals surface area (Å²) in [5.74, 6) is 0.524. The second-order valence-electron chi connectivity index (χ2n) is 3.61. The topological polar surface area (TPSA) is 86.5 Å². The van der Waals surface area contributed by atoms with E-state index < -0.39 is 4.92 Å². The third kappa shape index (κ3) is 1.63. The zero-order valence-electron chi connectivity index (χ0n) is 8.88. The molecule has 0 saturated carbocycles. The smallest absolute Gasteiger partial charge is 0.358 e. The van der Waals surface area contributed by atoms with Gasteiger partial charge in [0.05, 0.1) is 0 Å². The highest BCUT2D eigenvalue weighted by Crippen LogP contribution is 2.21. The number of nitro groups is 1. The van der Waals surface area contributed by atoms with Crippen LogP contribution in [0, 0.1) is 17.0 Å². The minimum atomic E-state index is -0.468. The average molecular weight is 220 g/mol. The number of fused-ring (bicyclic) bond motifs is 1. The Morgan fingerprint density at radius 3 is 2.94 bits per heavy atom. The van der Waals surface area contributed by atoms with Crippen molar-refractivity contribution in [2.75, 3.05) is 6.54 Å². The van der Waals surface area contributed by atoms with E-state index in [1.807, 2.05) is 19.2 Å². The van der Waals surface area contributed by atoms with Crippen molar-refractivity contribution in [1.29, 1.82) is 0 Å². The van der Waals surface area contributed by atoms with Gasteiger partial charge in [-0.15, -0.1) is 0 Å². The van der Waals surface area contributed by atoms with Gasteiger partial charge in [-0.2, -0.15) is 0 Å². The fourth-order valence-corrected chi connectivity index (χ4v) is 1.68. The standard InChI is InChI=1S/C10H12N4O2/c1-7-2-3-8-10(14(15)16)12-9(4-5-11)13(8)6-7/h2-3,6H,4-5,11H2,1H3. The molecule has 0 aliphatic rings. The molecule has 16 heavy (non-hydrogen) atoms. The highest BCUT2D eigenvalue weighted by Gasteiger charge is 2.20. The number of imidazole rings is 1. The molecular weight excluding hydrogens is 208 g/mol. The van der Waals surface area contributed by atoms with Gasteiger partial charge in [0.1, 0.15) is 5.52 Å². The van der Waals surface area contributed by atoms with Crippen molar-refractivity contribution in [2.45, 2.75) is 13.3 Å². The first-order valence-electron chi connectivity index (χ1n) is 4.95. The van der Waals surface area contributed by atoms with E-state index in [0.717, 1.165) is 5.56 Å². The molecule has 2 aromatic heterocycles. The van der Waals surface area contributed by atoms with E-state index in [9.17, 15) is 10.1 Å². The molecule has 0 unspecified atom stereocenters. The van der Waals surface area contributed by atoms with E-state index >= 15 is 0 Å². The van der Waals surface area contributed by atoms with E-state index in [4.69, 9.17) is 5.73 Å². The molecule has 0 amide bonds. The predicted molar refractivity (Wildman–Crippen MR) is 59.3 cm³/mol. The van der Waals surface area contributed by atoms with Crippen LogP contribution in [-0.4, -0.2) is 20.9 Å². The summed E-state index contributed by atoms with van der Waals surface area (Å²) in [6, 6.07) is 3.54. The number of hydrogen-bond donors (Lipinski definition) is 1.